The number of rotatable bonds is 3. The van der Waals surface area contributed by atoms with E-state index in [2.05, 4.69) is 64.1 Å². The van der Waals surface area contributed by atoms with Crippen molar-refractivity contribution >= 4 is 27.1 Å². The number of benzene rings is 2. The van der Waals surface area contributed by atoms with Crippen molar-refractivity contribution in [2.24, 2.45) is 0 Å². The molecule has 0 bridgehead atoms. The Hall–Kier alpha value is -0.700. The van der Waals surface area contributed by atoms with Gasteiger partial charge in [-0.1, -0.05) is 0 Å². The van der Waals surface area contributed by atoms with Crippen LogP contribution >= 0.6 is 16.5 Å². The van der Waals surface area contributed by atoms with Crippen molar-refractivity contribution in [1.29, 1.82) is 0 Å². The normalized spacial score (nSPS) is 11.6. The molecule has 0 heterocycles. The topological polar surface area (TPSA) is 0 Å². The minimum atomic E-state index is -0.170. The third kappa shape index (κ3) is 3.00. The molecule has 0 spiro atoms. The molecule has 0 N–H and O–H groups in total. The Kier molecular flexibility index (Phi) is 4.55. The molecule has 0 aliphatic carbocycles. The fourth-order valence-electron chi connectivity index (χ4n) is 2.14. The Morgan fingerprint density at radius 3 is 2.11 bits per heavy atom. The third-order valence-electron chi connectivity index (χ3n) is 3.79. The van der Waals surface area contributed by atoms with Crippen LogP contribution in [0.4, 0.5) is 0 Å². The maximum absolute atomic E-state index is 2.33. The fourth-order valence-corrected chi connectivity index (χ4v) is 7.43. The zero-order valence-electron chi connectivity index (χ0n) is 11.7. The van der Waals surface area contributed by atoms with Gasteiger partial charge in [-0.15, -0.1) is 0 Å². The summed E-state index contributed by atoms with van der Waals surface area (Å²) in [5.74, 6) is 0. The first-order valence-corrected chi connectivity index (χ1v) is 10.5. The molecule has 0 saturated carbocycles. The molecule has 18 heavy (non-hydrogen) atoms. The molecule has 0 nitrogen and oxygen atoms in total. The second-order valence-electron chi connectivity index (χ2n) is 4.96. The van der Waals surface area contributed by atoms with Crippen LogP contribution in [0.1, 0.15) is 22.3 Å². The van der Waals surface area contributed by atoms with Gasteiger partial charge in [0, 0.05) is 0 Å². The van der Waals surface area contributed by atoms with E-state index in [0.717, 1.165) is 8.27 Å². The first-order chi connectivity index (χ1) is 8.59. The molecule has 2 aromatic carbocycles. The van der Waals surface area contributed by atoms with Crippen molar-refractivity contribution in [2.75, 3.05) is 0 Å². The summed E-state index contributed by atoms with van der Waals surface area (Å²) in [4.78, 5) is 0. The van der Waals surface area contributed by atoms with Crippen LogP contribution in [-0.2, 0) is 0 Å². The zero-order valence-corrected chi connectivity index (χ0v) is 14.1. The van der Waals surface area contributed by atoms with Gasteiger partial charge in [0.15, 0.2) is 0 Å². The quantitative estimate of drug-likeness (QED) is 0.751. The molecule has 2 rings (SSSR count). The predicted molar refractivity (Wildman–Crippen MR) is 90.5 cm³/mol. The van der Waals surface area contributed by atoms with Crippen LogP contribution in [0.3, 0.4) is 0 Å². The van der Waals surface area contributed by atoms with Crippen molar-refractivity contribution < 1.29 is 0 Å². The van der Waals surface area contributed by atoms with Crippen molar-refractivity contribution in [3.8, 4) is 0 Å². The van der Waals surface area contributed by atoms with Gasteiger partial charge < -0.3 is 0 Å². The molecule has 0 amide bonds. The van der Waals surface area contributed by atoms with Gasteiger partial charge >= 0.3 is 113 Å². The summed E-state index contributed by atoms with van der Waals surface area (Å²) in [6.07, 6.45) is 0. The second-order valence-corrected chi connectivity index (χ2v) is 9.09. The monoisotopic (exact) mass is 276 g/mol. The van der Waals surface area contributed by atoms with Crippen LogP contribution in [0.15, 0.2) is 36.4 Å². The van der Waals surface area contributed by atoms with Gasteiger partial charge in [0.05, 0.1) is 0 Å². The van der Waals surface area contributed by atoms with Gasteiger partial charge in [-0.3, -0.25) is 0 Å². The second kappa shape index (κ2) is 5.96. The molecule has 2 heteroatoms. The molecular weight excluding hydrogens is 254 g/mol. The van der Waals surface area contributed by atoms with Crippen molar-refractivity contribution in [3.05, 3.63) is 58.7 Å². The van der Waals surface area contributed by atoms with Crippen LogP contribution in [0.2, 0.25) is 0 Å². The van der Waals surface area contributed by atoms with E-state index < -0.39 is 0 Å². The van der Waals surface area contributed by atoms with Crippen molar-refractivity contribution in [1.82, 2.24) is 0 Å². The summed E-state index contributed by atoms with van der Waals surface area (Å²) in [6.45, 7) is 8.96. The van der Waals surface area contributed by atoms with Crippen LogP contribution < -0.4 is 10.6 Å². The number of hydrogen-bond acceptors (Lipinski definition) is 0. The Labute approximate surface area is 114 Å². The Balaban J connectivity index is 2.17. The Bertz CT molecular complexity index is 508. The molecule has 96 valence electrons. The summed E-state index contributed by atoms with van der Waals surface area (Å²) in [6, 6.07) is 13.5. The van der Waals surface area contributed by atoms with Gasteiger partial charge in [0.1, 0.15) is 0 Å². The van der Waals surface area contributed by atoms with Crippen molar-refractivity contribution in [2.45, 2.75) is 27.7 Å². The van der Waals surface area contributed by atoms with Crippen LogP contribution in [0.5, 0.6) is 0 Å². The van der Waals surface area contributed by atoms with Gasteiger partial charge in [-0.2, -0.15) is 0 Å². The molecule has 0 aliphatic rings. The average Bonchev–Trinajstić information content (AvgIpc) is 2.36. The third-order valence-corrected chi connectivity index (χ3v) is 8.85. The molecule has 1 atom stereocenters. The molecule has 1 unspecified atom stereocenters. The predicted octanol–water partition coefficient (Wildman–Crippen LogP) is 3.61. The van der Waals surface area contributed by atoms with Gasteiger partial charge in [0.25, 0.3) is 0 Å². The van der Waals surface area contributed by atoms with E-state index in [0.29, 0.717) is 0 Å². The summed E-state index contributed by atoms with van der Waals surface area (Å²) in [5, 5.41) is 3.21. The SMILES string of the molecule is Cc1cccc(P[PH3]c2cccc(C)c2C)c1C. The molecule has 2 aromatic rings. The number of hydrogen-bond donors (Lipinski definition) is 0. The zero-order chi connectivity index (χ0) is 13.1. The average molecular weight is 276 g/mol. The summed E-state index contributed by atoms with van der Waals surface area (Å²) >= 11 is 0. The van der Waals surface area contributed by atoms with Gasteiger partial charge in [0.2, 0.25) is 0 Å². The van der Waals surface area contributed by atoms with E-state index in [1.807, 2.05) is 0 Å². The summed E-state index contributed by atoms with van der Waals surface area (Å²) < 4.78 is 0. The van der Waals surface area contributed by atoms with E-state index in [-0.39, 0.29) is 8.27 Å². The summed E-state index contributed by atoms with van der Waals surface area (Å²) in [7, 11) is 0.839. The minimum absolute atomic E-state index is 0.170. The van der Waals surface area contributed by atoms with Crippen LogP contribution in [0, 0.1) is 27.7 Å². The first-order valence-electron chi connectivity index (χ1n) is 6.45. The molecule has 0 saturated heterocycles. The fraction of sp³-hybridized carbons (Fsp3) is 0.250. The molecular formula is C16H22P2. The molecule has 0 aliphatic heterocycles. The van der Waals surface area contributed by atoms with E-state index in [1.54, 1.807) is 10.6 Å². The van der Waals surface area contributed by atoms with Crippen molar-refractivity contribution in [3.63, 3.8) is 0 Å². The Morgan fingerprint density at radius 2 is 1.39 bits per heavy atom. The Morgan fingerprint density at radius 1 is 0.778 bits per heavy atom. The van der Waals surface area contributed by atoms with Gasteiger partial charge in [-0.25, -0.2) is 0 Å². The molecule has 0 aromatic heterocycles. The van der Waals surface area contributed by atoms with E-state index in [1.165, 1.54) is 22.3 Å². The van der Waals surface area contributed by atoms with Crippen LogP contribution in [0.25, 0.3) is 0 Å². The van der Waals surface area contributed by atoms with E-state index in [4.69, 9.17) is 0 Å². The summed E-state index contributed by atoms with van der Waals surface area (Å²) in [5.41, 5.74) is 5.87. The van der Waals surface area contributed by atoms with Gasteiger partial charge in [-0.05, 0) is 0 Å². The molecule has 0 fully saturated rings. The van der Waals surface area contributed by atoms with E-state index in [9.17, 15) is 0 Å². The first kappa shape index (κ1) is 13.7. The van der Waals surface area contributed by atoms with E-state index >= 15 is 0 Å². The standard InChI is InChI=1S/C16H22P2/c1-11-7-5-9-15(13(11)3)17-18-16-10-6-8-12(2)14(16)4/h5-10,17H,1-4,18H3. The molecule has 0 radical (unpaired) electrons. The number of aryl methyl sites for hydroxylation is 2. The van der Waals surface area contributed by atoms with Crippen LogP contribution in [-0.4, -0.2) is 0 Å². The maximum atomic E-state index is 2.33.